The largest absolute Gasteiger partial charge is 0.504 e. The van der Waals surface area contributed by atoms with Crippen LogP contribution in [0.25, 0.3) is 11.3 Å². The molecule has 0 aliphatic carbocycles. The van der Waals surface area contributed by atoms with Crippen LogP contribution in [0.15, 0.2) is 24.3 Å². The highest BCUT2D eigenvalue weighted by atomic mass is 19.1. The molecule has 96 valence electrons. The summed E-state index contributed by atoms with van der Waals surface area (Å²) in [4.78, 5) is 0. The van der Waals surface area contributed by atoms with Gasteiger partial charge in [0.1, 0.15) is 11.5 Å². The molecular formula is C14H17FN2O. The minimum atomic E-state index is -0.383. The van der Waals surface area contributed by atoms with Gasteiger partial charge in [-0.25, -0.2) is 4.39 Å². The average Bonchev–Trinajstić information content (AvgIpc) is 2.57. The van der Waals surface area contributed by atoms with Crippen LogP contribution in [0, 0.1) is 12.7 Å². The summed E-state index contributed by atoms with van der Waals surface area (Å²) in [6.07, 6.45) is 0. The van der Waals surface area contributed by atoms with Gasteiger partial charge in [0.2, 0.25) is 0 Å². The Hall–Kier alpha value is -1.84. The Morgan fingerprint density at radius 3 is 2.33 bits per heavy atom. The van der Waals surface area contributed by atoms with Crippen molar-refractivity contribution in [1.29, 1.82) is 0 Å². The number of nitrogens with zero attached hydrogens (tertiary/aromatic N) is 2. The van der Waals surface area contributed by atoms with Crippen LogP contribution in [0.4, 0.5) is 4.39 Å². The molecule has 0 unspecified atom stereocenters. The van der Waals surface area contributed by atoms with Crippen LogP contribution in [0.5, 0.6) is 5.75 Å². The molecule has 0 amide bonds. The first kappa shape index (κ1) is 12.6. The van der Waals surface area contributed by atoms with Gasteiger partial charge < -0.3 is 5.11 Å². The quantitative estimate of drug-likeness (QED) is 0.839. The highest BCUT2D eigenvalue weighted by Crippen LogP contribution is 2.34. The normalized spacial score (nSPS) is 11.8. The van der Waals surface area contributed by atoms with Crippen molar-refractivity contribution in [3.63, 3.8) is 0 Å². The lowest BCUT2D eigenvalue weighted by molar-refractivity contribution is 0.345. The zero-order valence-electron chi connectivity index (χ0n) is 11.0. The smallest absolute Gasteiger partial charge is 0.164 e. The van der Waals surface area contributed by atoms with E-state index in [-0.39, 0.29) is 17.1 Å². The molecule has 0 aliphatic heterocycles. The molecule has 1 N–H and O–H groups in total. The van der Waals surface area contributed by atoms with Gasteiger partial charge in [0, 0.05) is 5.56 Å². The lowest BCUT2D eigenvalue weighted by Gasteiger charge is -2.20. The summed E-state index contributed by atoms with van der Waals surface area (Å²) in [5, 5.41) is 14.4. The Morgan fingerprint density at radius 1 is 1.22 bits per heavy atom. The van der Waals surface area contributed by atoms with Gasteiger partial charge in [0.05, 0.1) is 11.2 Å². The van der Waals surface area contributed by atoms with Crippen molar-refractivity contribution in [3.8, 4) is 17.0 Å². The molecular weight excluding hydrogens is 231 g/mol. The number of hydrogen-bond acceptors (Lipinski definition) is 2. The standard InChI is InChI=1S/C14H17FN2O/c1-9-13(18)12(16-17(9)14(2,3)4)10-7-5-6-8-11(10)15/h5-8,18H,1-4H3. The number of benzene rings is 1. The van der Waals surface area contributed by atoms with E-state index in [0.29, 0.717) is 17.0 Å². The van der Waals surface area contributed by atoms with E-state index in [1.165, 1.54) is 6.07 Å². The summed E-state index contributed by atoms with van der Waals surface area (Å²) in [7, 11) is 0. The summed E-state index contributed by atoms with van der Waals surface area (Å²) >= 11 is 0. The Morgan fingerprint density at radius 2 is 1.83 bits per heavy atom. The number of rotatable bonds is 1. The number of aromatic hydroxyl groups is 1. The molecule has 0 bridgehead atoms. The Balaban J connectivity index is 2.65. The first-order valence-electron chi connectivity index (χ1n) is 5.86. The van der Waals surface area contributed by atoms with Crippen LogP contribution < -0.4 is 0 Å². The second-order valence-corrected chi connectivity index (χ2v) is 5.35. The molecule has 0 aliphatic rings. The second-order valence-electron chi connectivity index (χ2n) is 5.35. The van der Waals surface area contributed by atoms with Gasteiger partial charge in [-0.2, -0.15) is 5.10 Å². The SMILES string of the molecule is Cc1c(O)c(-c2ccccc2F)nn1C(C)(C)C. The fourth-order valence-electron chi connectivity index (χ4n) is 1.98. The molecule has 0 radical (unpaired) electrons. The molecule has 18 heavy (non-hydrogen) atoms. The third-order valence-corrected chi connectivity index (χ3v) is 2.85. The maximum absolute atomic E-state index is 13.7. The number of halogens is 1. The van der Waals surface area contributed by atoms with Gasteiger partial charge in [0.25, 0.3) is 0 Å². The molecule has 0 spiro atoms. The maximum atomic E-state index is 13.7. The summed E-state index contributed by atoms with van der Waals surface area (Å²) in [6.45, 7) is 7.73. The second kappa shape index (κ2) is 4.12. The maximum Gasteiger partial charge on any atom is 0.164 e. The van der Waals surface area contributed by atoms with E-state index in [4.69, 9.17) is 0 Å². The summed E-state index contributed by atoms with van der Waals surface area (Å²) in [5.74, 6) is -0.346. The van der Waals surface area contributed by atoms with E-state index >= 15 is 0 Å². The van der Waals surface area contributed by atoms with Gasteiger partial charge in [-0.15, -0.1) is 0 Å². The summed E-state index contributed by atoms with van der Waals surface area (Å²) in [6, 6.07) is 6.32. The monoisotopic (exact) mass is 248 g/mol. The van der Waals surface area contributed by atoms with Crippen LogP contribution in [0.3, 0.4) is 0 Å². The van der Waals surface area contributed by atoms with Crippen molar-refractivity contribution in [2.75, 3.05) is 0 Å². The average molecular weight is 248 g/mol. The summed E-state index contributed by atoms with van der Waals surface area (Å²) < 4.78 is 15.4. The lowest BCUT2D eigenvalue weighted by atomic mass is 10.1. The van der Waals surface area contributed by atoms with Crippen LogP contribution in [0.1, 0.15) is 26.5 Å². The predicted molar refractivity (Wildman–Crippen MR) is 69.0 cm³/mol. The number of hydrogen-bond donors (Lipinski definition) is 1. The highest BCUT2D eigenvalue weighted by Gasteiger charge is 2.24. The minimum Gasteiger partial charge on any atom is -0.504 e. The van der Waals surface area contributed by atoms with E-state index in [9.17, 15) is 9.50 Å². The fraction of sp³-hybridized carbons (Fsp3) is 0.357. The zero-order chi connectivity index (χ0) is 13.5. The zero-order valence-corrected chi connectivity index (χ0v) is 11.0. The van der Waals surface area contributed by atoms with Gasteiger partial charge in [0.15, 0.2) is 5.75 Å². The lowest BCUT2D eigenvalue weighted by Crippen LogP contribution is -2.24. The van der Waals surface area contributed by atoms with Gasteiger partial charge in [-0.05, 0) is 39.8 Å². The Bertz CT molecular complexity index is 582. The molecule has 3 nitrogen and oxygen atoms in total. The Kier molecular flexibility index (Phi) is 2.89. The molecule has 1 heterocycles. The van der Waals surface area contributed by atoms with Crippen molar-refractivity contribution >= 4 is 0 Å². The van der Waals surface area contributed by atoms with Crippen molar-refractivity contribution in [2.24, 2.45) is 0 Å². The van der Waals surface area contributed by atoms with Gasteiger partial charge in [-0.1, -0.05) is 12.1 Å². The fourth-order valence-corrected chi connectivity index (χ4v) is 1.98. The highest BCUT2D eigenvalue weighted by molar-refractivity contribution is 5.67. The van der Waals surface area contributed by atoms with E-state index in [2.05, 4.69) is 5.10 Å². The van der Waals surface area contributed by atoms with E-state index in [0.717, 1.165) is 0 Å². The van der Waals surface area contributed by atoms with Crippen LogP contribution in [-0.2, 0) is 5.54 Å². The van der Waals surface area contributed by atoms with Crippen molar-refractivity contribution < 1.29 is 9.50 Å². The molecule has 4 heteroatoms. The van der Waals surface area contributed by atoms with Gasteiger partial charge >= 0.3 is 0 Å². The van der Waals surface area contributed by atoms with Crippen LogP contribution in [0.2, 0.25) is 0 Å². The molecule has 1 aromatic heterocycles. The van der Waals surface area contributed by atoms with Crippen molar-refractivity contribution in [3.05, 3.63) is 35.8 Å². The molecule has 0 fully saturated rings. The molecule has 1 aromatic carbocycles. The van der Waals surface area contributed by atoms with E-state index in [1.54, 1.807) is 29.8 Å². The molecule has 2 rings (SSSR count). The first-order valence-corrected chi connectivity index (χ1v) is 5.86. The van der Waals surface area contributed by atoms with E-state index < -0.39 is 0 Å². The predicted octanol–water partition coefficient (Wildman–Crippen LogP) is 3.46. The summed E-state index contributed by atoms with van der Waals surface area (Å²) in [5.41, 5.74) is 0.993. The van der Waals surface area contributed by atoms with E-state index in [1.807, 2.05) is 20.8 Å². The third-order valence-electron chi connectivity index (χ3n) is 2.85. The van der Waals surface area contributed by atoms with Crippen LogP contribution >= 0.6 is 0 Å². The van der Waals surface area contributed by atoms with Crippen LogP contribution in [-0.4, -0.2) is 14.9 Å². The van der Waals surface area contributed by atoms with Crippen molar-refractivity contribution in [2.45, 2.75) is 33.2 Å². The number of aromatic nitrogens is 2. The first-order chi connectivity index (χ1) is 8.32. The molecule has 0 saturated heterocycles. The van der Waals surface area contributed by atoms with Crippen molar-refractivity contribution in [1.82, 2.24) is 9.78 Å². The minimum absolute atomic E-state index is 0.0371. The third kappa shape index (κ3) is 1.98. The Labute approximate surface area is 106 Å². The van der Waals surface area contributed by atoms with Gasteiger partial charge in [-0.3, -0.25) is 4.68 Å². The molecule has 2 aromatic rings. The molecule has 0 saturated carbocycles. The topological polar surface area (TPSA) is 38.1 Å². The molecule has 0 atom stereocenters.